The van der Waals surface area contributed by atoms with Crippen LogP contribution in [0.1, 0.15) is 44.6 Å². The number of anilines is 1. The molecule has 0 bridgehead atoms. The van der Waals surface area contributed by atoms with Crippen molar-refractivity contribution in [2.45, 2.75) is 64.5 Å². The number of alkyl halides is 3. The first-order chi connectivity index (χ1) is 11.8. The van der Waals surface area contributed by atoms with E-state index in [0.717, 1.165) is 0 Å². The number of halogens is 3. The van der Waals surface area contributed by atoms with Crippen LogP contribution in [0.5, 0.6) is 0 Å². The van der Waals surface area contributed by atoms with Gasteiger partial charge >= 0.3 is 12.1 Å². The zero-order valence-electron chi connectivity index (χ0n) is 16.2. The topological polar surface area (TPSA) is 63.4 Å². The standard InChI is InChI=1S/C17H29F3N2O3Si/c1-7-24-15(23)14-12(8-10-22-14)21-11-9-13(17(18,19)20)25-26(5,6)16(2,3)4/h8,10,13,21-22H,7,9,11H2,1-6H3. The number of esters is 1. The highest BCUT2D eigenvalue weighted by atomic mass is 28.4. The quantitative estimate of drug-likeness (QED) is 0.484. The first-order valence-electron chi connectivity index (χ1n) is 8.62. The molecule has 9 heteroatoms. The van der Waals surface area contributed by atoms with Gasteiger partial charge in [-0.3, -0.25) is 0 Å². The Hall–Kier alpha value is -1.48. The van der Waals surface area contributed by atoms with Crippen molar-refractivity contribution in [1.29, 1.82) is 0 Å². The molecular weight excluding hydrogens is 365 g/mol. The van der Waals surface area contributed by atoms with Crippen molar-refractivity contribution in [3.8, 4) is 0 Å². The van der Waals surface area contributed by atoms with Gasteiger partial charge in [-0.05, 0) is 37.5 Å². The number of rotatable bonds is 8. The lowest BCUT2D eigenvalue weighted by Crippen LogP contribution is -2.48. The normalized spacial score (nSPS) is 14.2. The molecule has 26 heavy (non-hydrogen) atoms. The third-order valence-corrected chi connectivity index (χ3v) is 9.04. The van der Waals surface area contributed by atoms with E-state index >= 15 is 0 Å². The predicted molar refractivity (Wildman–Crippen MR) is 98.0 cm³/mol. The summed E-state index contributed by atoms with van der Waals surface area (Å²) in [6.07, 6.45) is -5.01. The summed E-state index contributed by atoms with van der Waals surface area (Å²) in [4.78, 5) is 14.5. The fourth-order valence-corrected chi connectivity index (χ4v) is 3.36. The molecule has 0 aliphatic carbocycles. The van der Waals surface area contributed by atoms with Crippen molar-refractivity contribution in [2.24, 2.45) is 0 Å². The Labute approximate surface area is 153 Å². The van der Waals surface area contributed by atoms with Gasteiger partial charge in [0.25, 0.3) is 0 Å². The van der Waals surface area contributed by atoms with Gasteiger partial charge in [0.05, 0.1) is 12.3 Å². The highest BCUT2D eigenvalue weighted by Gasteiger charge is 2.47. The number of carbonyl (C=O) groups is 1. The maximum Gasteiger partial charge on any atom is 0.413 e. The minimum absolute atomic E-state index is 0.0169. The van der Waals surface area contributed by atoms with Crippen molar-refractivity contribution in [2.75, 3.05) is 18.5 Å². The monoisotopic (exact) mass is 394 g/mol. The number of carbonyl (C=O) groups excluding carboxylic acids is 1. The van der Waals surface area contributed by atoms with E-state index in [9.17, 15) is 18.0 Å². The van der Waals surface area contributed by atoms with E-state index in [4.69, 9.17) is 9.16 Å². The number of aromatic amines is 1. The van der Waals surface area contributed by atoms with Crippen LogP contribution in [0.25, 0.3) is 0 Å². The zero-order chi connectivity index (χ0) is 20.2. The molecule has 1 heterocycles. The molecule has 0 aromatic carbocycles. The summed E-state index contributed by atoms with van der Waals surface area (Å²) < 4.78 is 50.7. The van der Waals surface area contributed by atoms with Crippen molar-refractivity contribution in [3.63, 3.8) is 0 Å². The smallest absolute Gasteiger partial charge is 0.413 e. The fraction of sp³-hybridized carbons (Fsp3) is 0.706. The molecule has 0 radical (unpaired) electrons. The lowest BCUT2D eigenvalue weighted by molar-refractivity contribution is -0.199. The number of nitrogens with one attached hydrogen (secondary N) is 2. The highest BCUT2D eigenvalue weighted by molar-refractivity contribution is 6.74. The Bertz CT molecular complexity index is 595. The maximum absolute atomic E-state index is 13.4. The molecule has 0 aliphatic heterocycles. The Morgan fingerprint density at radius 1 is 1.31 bits per heavy atom. The number of aromatic nitrogens is 1. The highest BCUT2D eigenvalue weighted by Crippen LogP contribution is 2.40. The second-order valence-corrected chi connectivity index (χ2v) is 12.4. The SMILES string of the molecule is CCOC(=O)c1[nH]ccc1NCCC(O[Si](C)(C)C(C)(C)C)C(F)(F)F. The van der Waals surface area contributed by atoms with Crippen LogP contribution in [0.2, 0.25) is 18.1 Å². The lowest BCUT2D eigenvalue weighted by atomic mass is 10.2. The molecule has 0 amide bonds. The van der Waals surface area contributed by atoms with Gasteiger partial charge in [0, 0.05) is 12.7 Å². The third kappa shape index (κ3) is 6.05. The lowest BCUT2D eigenvalue weighted by Gasteiger charge is -2.39. The van der Waals surface area contributed by atoms with E-state index in [1.807, 2.05) is 20.8 Å². The van der Waals surface area contributed by atoms with Crippen molar-refractivity contribution in [3.05, 3.63) is 18.0 Å². The van der Waals surface area contributed by atoms with Crippen LogP contribution in [0, 0.1) is 0 Å². The molecule has 150 valence electrons. The zero-order valence-corrected chi connectivity index (χ0v) is 17.2. The van der Waals surface area contributed by atoms with Gasteiger partial charge in [-0.1, -0.05) is 20.8 Å². The van der Waals surface area contributed by atoms with E-state index < -0.39 is 26.6 Å². The summed E-state index contributed by atoms with van der Waals surface area (Å²) in [6.45, 7) is 11.2. The second kappa shape index (κ2) is 8.47. The molecule has 5 nitrogen and oxygen atoms in total. The van der Waals surface area contributed by atoms with Crippen LogP contribution in [0.15, 0.2) is 12.3 Å². The minimum atomic E-state index is -4.45. The Morgan fingerprint density at radius 2 is 1.92 bits per heavy atom. The van der Waals surface area contributed by atoms with Gasteiger partial charge < -0.3 is 19.5 Å². The van der Waals surface area contributed by atoms with Crippen LogP contribution in [0.4, 0.5) is 18.9 Å². The van der Waals surface area contributed by atoms with Crippen LogP contribution < -0.4 is 5.32 Å². The second-order valence-electron chi connectivity index (χ2n) is 7.61. The molecule has 0 saturated heterocycles. The van der Waals surface area contributed by atoms with Gasteiger partial charge in [0.15, 0.2) is 8.32 Å². The van der Waals surface area contributed by atoms with E-state index in [0.29, 0.717) is 5.69 Å². The van der Waals surface area contributed by atoms with Crippen LogP contribution in [0.3, 0.4) is 0 Å². The van der Waals surface area contributed by atoms with Gasteiger partial charge in [0.2, 0.25) is 0 Å². The summed E-state index contributed by atoms with van der Waals surface area (Å²) >= 11 is 0. The molecule has 1 rings (SSSR count). The van der Waals surface area contributed by atoms with Crippen LogP contribution >= 0.6 is 0 Å². The number of H-pyrrole nitrogens is 1. The molecule has 1 atom stereocenters. The van der Waals surface area contributed by atoms with Gasteiger partial charge in [-0.15, -0.1) is 0 Å². The molecule has 1 aromatic rings. The Morgan fingerprint density at radius 3 is 2.42 bits per heavy atom. The fourth-order valence-electron chi connectivity index (χ4n) is 2.05. The Balaban J connectivity index is 2.76. The molecular formula is C17H29F3N2O3Si. The molecule has 0 spiro atoms. The summed E-state index contributed by atoms with van der Waals surface area (Å²) in [6, 6.07) is 1.59. The summed E-state index contributed by atoms with van der Waals surface area (Å²) in [5.74, 6) is -0.551. The van der Waals surface area contributed by atoms with Gasteiger partial charge in [-0.25, -0.2) is 4.79 Å². The molecule has 0 aliphatic rings. The third-order valence-electron chi connectivity index (χ3n) is 4.56. The minimum Gasteiger partial charge on any atom is -0.461 e. The van der Waals surface area contributed by atoms with Gasteiger partial charge in [-0.2, -0.15) is 13.2 Å². The number of hydrogen-bond acceptors (Lipinski definition) is 4. The summed E-state index contributed by atoms with van der Waals surface area (Å²) in [7, 11) is -2.56. The average Bonchev–Trinajstić information content (AvgIpc) is 2.92. The Kier molecular flexibility index (Phi) is 7.35. The van der Waals surface area contributed by atoms with Crippen molar-refractivity contribution >= 4 is 20.0 Å². The first kappa shape index (κ1) is 22.6. The molecule has 0 saturated carbocycles. The molecule has 2 N–H and O–H groups in total. The number of hydrogen-bond donors (Lipinski definition) is 2. The average molecular weight is 395 g/mol. The van der Waals surface area contributed by atoms with E-state index in [1.165, 1.54) is 6.20 Å². The van der Waals surface area contributed by atoms with Crippen LogP contribution in [-0.4, -0.2) is 44.7 Å². The largest absolute Gasteiger partial charge is 0.461 e. The predicted octanol–water partition coefficient (Wildman–Crippen LogP) is 4.95. The first-order valence-corrected chi connectivity index (χ1v) is 11.5. The van der Waals surface area contributed by atoms with Crippen molar-refractivity contribution in [1.82, 2.24) is 4.98 Å². The van der Waals surface area contributed by atoms with E-state index in [1.54, 1.807) is 26.1 Å². The van der Waals surface area contributed by atoms with Gasteiger partial charge in [0.1, 0.15) is 11.8 Å². The summed E-state index contributed by atoms with van der Waals surface area (Å²) in [5.41, 5.74) is 0.609. The van der Waals surface area contributed by atoms with E-state index in [-0.39, 0.29) is 30.3 Å². The van der Waals surface area contributed by atoms with Crippen molar-refractivity contribution < 1.29 is 27.1 Å². The molecule has 1 unspecified atom stereocenters. The summed E-state index contributed by atoms with van der Waals surface area (Å²) in [5, 5.41) is 2.55. The van der Waals surface area contributed by atoms with Crippen LogP contribution in [-0.2, 0) is 9.16 Å². The molecule has 1 aromatic heterocycles. The number of ether oxygens (including phenoxy) is 1. The van der Waals surface area contributed by atoms with E-state index in [2.05, 4.69) is 10.3 Å². The molecule has 0 fully saturated rings. The maximum atomic E-state index is 13.4.